The zero-order valence-corrected chi connectivity index (χ0v) is 12.1. The maximum atomic E-state index is 12.9. The average Bonchev–Trinajstić information content (AvgIpc) is 3.06. The van der Waals surface area contributed by atoms with E-state index in [0.29, 0.717) is 18.4 Å². The molecule has 1 aromatic rings. The number of carboxylic acid groups (broad SMARTS) is 1. The van der Waals surface area contributed by atoms with Crippen LogP contribution in [0.2, 0.25) is 0 Å². The molecular weight excluding hydrogens is 341 g/mol. The molecule has 0 spiro atoms. The van der Waals surface area contributed by atoms with Crippen molar-refractivity contribution in [2.45, 2.75) is 30.9 Å². The summed E-state index contributed by atoms with van der Waals surface area (Å²) in [6.07, 6.45) is -3.59. The van der Waals surface area contributed by atoms with Crippen LogP contribution in [0.3, 0.4) is 0 Å². The summed E-state index contributed by atoms with van der Waals surface area (Å²) in [5, 5.41) is 8.94. The van der Waals surface area contributed by atoms with Crippen molar-refractivity contribution < 1.29 is 27.8 Å². The van der Waals surface area contributed by atoms with Crippen molar-refractivity contribution in [3.63, 3.8) is 0 Å². The van der Waals surface area contributed by atoms with E-state index >= 15 is 0 Å². The predicted octanol–water partition coefficient (Wildman–Crippen LogP) is 3.98. The number of hydrogen-bond acceptors (Lipinski definition) is 2. The number of ether oxygens (including phenoxy) is 1. The van der Waals surface area contributed by atoms with Crippen molar-refractivity contribution in [1.82, 2.24) is 0 Å². The van der Waals surface area contributed by atoms with E-state index in [1.807, 2.05) is 0 Å². The Morgan fingerprint density at radius 3 is 2.45 bits per heavy atom. The smallest absolute Gasteiger partial charge is 0.416 e. The standard InChI is InChI=1S/C13H12BrF3O3/c1-20-11-8(12(2-3-12)6-10(18)19)4-7(5-9(11)14)13(15,16)17/h4-5H,2-3,6H2,1H3,(H,18,19). The van der Waals surface area contributed by atoms with Crippen molar-refractivity contribution in [3.8, 4) is 5.75 Å². The van der Waals surface area contributed by atoms with Crippen LogP contribution >= 0.6 is 15.9 Å². The van der Waals surface area contributed by atoms with Gasteiger partial charge in [0.2, 0.25) is 0 Å². The summed E-state index contributed by atoms with van der Waals surface area (Å²) in [5.74, 6) is -0.755. The molecule has 1 aliphatic carbocycles. The van der Waals surface area contributed by atoms with E-state index in [1.165, 1.54) is 7.11 Å². The molecule has 0 amide bonds. The first-order valence-electron chi connectivity index (χ1n) is 5.86. The number of benzene rings is 1. The van der Waals surface area contributed by atoms with Crippen LogP contribution in [-0.4, -0.2) is 18.2 Å². The van der Waals surface area contributed by atoms with Gasteiger partial charge in [-0.05, 0) is 40.9 Å². The zero-order valence-electron chi connectivity index (χ0n) is 10.6. The Balaban J connectivity index is 2.56. The van der Waals surface area contributed by atoms with Gasteiger partial charge in [-0.15, -0.1) is 0 Å². The van der Waals surface area contributed by atoms with Gasteiger partial charge in [0.05, 0.1) is 23.6 Å². The Kier molecular flexibility index (Phi) is 3.75. The summed E-state index contributed by atoms with van der Waals surface area (Å²) in [6.45, 7) is 0. The first-order valence-corrected chi connectivity index (χ1v) is 6.66. The van der Waals surface area contributed by atoms with Gasteiger partial charge in [-0.1, -0.05) is 0 Å². The van der Waals surface area contributed by atoms with E-state index in [0.717, 1.165) is 12.1 Å². The monoisotopic (exact) mass is 352 g/mol. The molecule has 0 unspecified atom stereocenters. The third kappa shape index (κ3) is 2.77. The van der Waals surface area contributed by atoms with E-state index in [1.54, 1.807) is 0 Å². The Morgan fingerprint density at radius 2 is 2.05 bits per heavy atom. The van der Waals surface area contributed by atoms with Crippen molar-refractivity contribution >= 4 is 21.9 Å². The molecule has 20 heavy (non-hydrogen) atoms. The molecule has 1 aliphatic rings. The molecule has 3 nitrogen and oxygen atoms in total. The van der Waals surface area contributed by atoms with Gasteiger partial charge in [0.1, 0.15) is 5.75 Å². The van der Waals surface area contributed by atoms with Gasteiger partial charge >= 0.3 is 12.1 Å². The van der Waals surface area contributed by atoms with E-state index in [-0.39, 0.29) is 16.6 Å². The van der Waals surface area contributed by atoms with E-state index in [2.05, 4.69) is 15.9 Å². The molecule has 2 rings (SSSR count). The number of carboxylic acids is 1. The summed E-state index contributed by atoms with van der Waals surface area (Å²) in [4.78, 5) is 10.9. The molecule has 0 atom stereocenters. The van der Waals surface area contributed by atoms with Gasteiger partial charge in [-0.2, -0.15) is 13.2 Å². The lowest BCUT2D eigenvalue weighted by molar-refractivity contribution is -0.138. The summed E-state index contributed by atoms with van der Waals surface area (Å²) in [5.41, 5.74) is -1.25. The van der Waals surface area contributed by atoms with Gasteiger partial charge in [0, 0.05) is 11.0 Å². The third-order valence-electron chi connectivity index (χ3n) is 3.49. The highest BCUT2D eigenvalue weighted by Crippen LogP contribution is 2.56. The van der Waals surface area contributed by atoms with Crippen LogP contribution in [0, 0.1) is 0 Å². The van der Waals surface area contributed by atoms with Gasteiger partial charge in [0.25, 0.3) is 0 Å². The minimum Gasteiger partial charge on any atom is -0.495 e. The maximum Gasteiger partial charge on any atom is 0.416 e. The number of hydrogen-bond donors (Lipinski definition) is 1. The van der Waals surface area contributed by atoms with Crippen LogP contribution in [0.5, 0.6) is 5.75 Å². The van der Waals surface area contributed by atoms with Crippen LogP contribution < -0.4 is 4.74 Å². The number of carbonyl (C=O) groups is 1. The number of methoxy groups -OCH3 is 1. The second kappa shape index (κ2) is 4.95. The van der Waals surface area contributed by atoms with Crippen LogP contribution in [-0.2, 0) is 16.4 Å². The Morgan fingerprint density at radius 1 is 1.45 bits per heavy atom. The first kappa shape index (κ1) is 15.2. The number of alkyl halides is 3. The molecular formula is C13H12BrF3O3. The summed E-state index contributed by atoms with van der Waals surface area (Å²) in [6, 6.07) is 1.94. The predicted molar refractivity (Wildman–Crippen MR) is 68.9 cm³/mol. The highest BCUT2D eigenvalue weighted by molar-refractivity contribution is 9.10. The van der Waals surface area contributed by atoms with Crippen molar-refractivity contribution in [2.75, 3.05) is 7.11 Å². The Bertz CT molecular complexity index is 551. The molecule has 1 fully saturated rings. The molecule has 7 heteroatoms. The second-order valence-electron chi connectivity index (χ2n) is 4.89. The van der Waals surface area contributed by atoms with Crippen LogP contribution in [0.4, 0.5) is 13.2 Å². The number of aliphatic carboxylic acids is 1. The second-order valence-corrected chi connectivity index (χ2v) is 5.74. The summed E-state index contributed by atoms with van der Waals surface area (Å²) < 4.78 is 44.0. The normalized spacial score (nSPS) is 16.9. The van der Waals surface area contributed by atoms with Gasteiger partial charge in [-0.3, -0.25) is 4.79 Å². The molecule has 0 saturated heterocycles. The largest absolute Gasteiger partial charge is 0.495 e. The van der Waals surface area contributed by atoms with Gasteiger partial charge in [0.15, 0.2) is 0 Å². The minimum atomic E-state index is -4.48. The van der Waals surface area contributed by atoms with E-state index < -0.39 is 23.1 Å². The molecule has 0 aromatic heterocycles. The van der Waals surface area contributed by atoms with Gasteiger partial charge < -0.3 is 9.84 Å². The third-order valence-corrected chi connectivity index (χ3v) is 4.08. The topological polar surface area (TPSA) is 46.5 Å². The fraction of sp³-hybridized carbons (Fsp3) is 0.462. The zero-order chi connectivity index (χ0) is 15.1. The molecule has 1 aromatic carbocycles. The molecule has 110 valence electrons. The minimum absolute atomic E-state index is 0.182. The van der Waals surface area contributed by atoms with Crippen molar-refractivity contribution in [3.05, 3.63) is 27.7 Å². The number of rotatable bonds is 4. The average molecular weight is 353 g/mol. The molecule has 0 radical (unpaired) electrons. The quantitative estimate of drug-likeness (QED) is 0.891. The number of halogens is 4. The highest BCUT2D eigenvalue weighted by atomic mass is 79.9. The fourth-order valence-electron chi connectivity index (χ4n) is 2.34. The van der Waals surface area contributed by atoms with E-state index in [9.17, 15) is 18.0 Å². The lowest BCUT2D eigenvalue weighted by Crippen LogP contribution is -2.16. The molecule has 0 aliphatic heterocycles. The van der Waals surface area contributed by atoms with E-state index in [4.69, 9.17) is 9.84 Å². The SMILES string of the molecule is COc1c(Br)cc(C(F)(F)F)cc1C1(CC(=O)O)CC1. The fourth-order valence-corrected chi connectivity index (χ4v) is 2.96. The molecule has 1 saturated carbocycles. The molecule has 1 N–H and O–H groups in total. The Hall–Kier alpha value is -1.24. The van der Waals surface area contributed by atoms with Crippen molar-refractivity contribution in [1.29, 1.82) is 0 Å². The lowest BCUT2D eigenvalue weighted by atomic mass is 9.90. The highest BCUT2D eigenvalue weighted by Gasteiger charge is 2.49. The Labute approximate surface area is 121 Å². The van der Waals surface area contributed by atoms with Gasteiger partial charge in [-0.25, -0.2) is 0 Å². The van der Waals surface area contributed by atoms with Crippen molar-refractivity contribution in [2.24, 2.45) is 0 Å². The van der Waals surface area contributed by atoms with Crippen LogP contribution in [0.15, 0.2) is 16.6 Å². The molecule has 0 heterocycles. The first-order chi connectivity index (χ1) is 9.19. The summed E-state index contributed by atoms with van der Waals surface area (Å²) >= 11 is 3.06. The van der Waals surface area contributed by atoms with Crippen LogP contribution in [0.25, 0.3) is 0 Å². The summed E-state index contributed by atoms with van der Waals surface area (Å²) in [7, 11) is 1.35. The lowest BCUT2D eigenvalue weighted by Gasteiger charge is -2.20. The van der Waals surface area contributed by atoms with Crippen LogP contribution in [0.1, 0.15) is 30.4 Å². The maximum absolute atomic E-state index is 12.9. The molecule has 0 bridgehead atoms.